The van der Waals surface area contributed by atoms with Crippen molar-refractivity contribution in [1.29, 1.82) is 0 Å². The third-order valence-corrected chi connectivity index (χ3v) is 6.62. The minimum absolute atomic E-state index is 0.178. The van der Waals surface area contributed by atoms with Crippen LogP contribution in [0.2, 0.25) is 10.0 Å². The molecule has 0 saturated heterocycles. The molecule has 4 nitrogen and oxygen atoms in total. The first-order valence-corrected chi connectivity index (χ1v) is 11.9. The first-order valence-electron chi connectivity index (χ1n) is 11.1. The molecule has 1 amide bonds. The molecule has 0 heterocycles. The third-order valence-electron chi connectivity index (χ3n) is 6.07. The monoisotopic (exact) mass is 531 g/mol. The van der Waals surface area contributed by atoms with Gasteiger partial charge in [-0.05, 0) is 69.0 Å². The number of aliphatic carboxylic acids is 1. The zero-order valence-electron chi connectivity index (χ0n) is 20.5. The van der Waals surface area contributed by atoms with Gasteiger partial charge in [-0.1, -0.05) is 55.2 Å². The quantitative estimate of drug-likeness (QED) is 0.398. The van der Waals surface area contributed by atoms with E-state index in [2.05, 4.69) is 0 Å². The van der Waals surface area contributed by atoms with Gasteiger partial charge in [-0.15, -0.1) is 0 Å². The second kappa shape index (κ2) is 10.8. The van der Waals surface area contributed by atoms with Gasteiger partial charge in [0.1, 0.15) is 0 Å². The molecule has 1 N–H and O–H groups in total. The summed E-state index contributed by atoms with van der Waals surface area (Å²) in [5, 5.41) is 9.86. The van der Waals surface area contributed by atoms with E-state index in [1.165, 1.54) is 29.2 Å². The van der Waals surface area contributed by atoms with Crippen molar-refractivity contribution in [1.82, 2.24) is 0 Å². The Morgan fingerprint density at radius 3 is 2.00 bits per heavy atom. The summed E-state index contributed by atoms with van der Waals surface area (Å²) in [6.45, 7) is 9.38. The number of carboxylic acids is 1. The van der Waals surface area contributed by atoms with Crippen LogP contribution < -0.4 is 4.90 Å². The van der Waals surface area contributed by atoms with Crippen LogP contribution in [0.25, 0.3) is 0 Å². The molecule has 0 unspecified atom stereocenters. The average Bonchev–Trinajstić information content (AvgIpc) is 2.72. The van der Waals surface area contributed by atoms with Crippen LogP contribution in [0.5, 0.6) is 0 Å². The van der Waals surface area contributed by atoms with Gasteiger partial charge in [-0.2, -0.15) is 13.2 Å². The summed E-state index contributed by atoms with van der Waals surface area (Å²) in [6.07, 6.45) is -4.46. The van der Waals surface area contributed by atoms with Gasteiger partial charge in [0.25, 0.3) is 0 Å². The van der Waals surface area contributed by atoms with Crippen molar-refractivity contribution in [2.24, 2.45) is 11.8 Å². The molecular weight excluding hydrogens is 502 g/mol. The number of hydrogen-bond acceptors (Lipinski definition) is 2. The molecule has 0 spiro atoms. The lowest BCUT2D eigenvalue weighted by Crippen LogP contribution is -2.50. The molecule has 0 aliphatic heterocycles. The highest BCUT2D eigenvalue weighted by Gasteiger charge is 2.48. The number of carbonyl (C=O) groups is 2. The predicted octanol–water partition coefficient (Wildman–Crippen LogP) is 7.68. The number of nitrogens with zero attached hydrogens (tertiary/aromatic N) is 1. The van der Waals surface area contributed by atoms with Crippen molar-refractivity contribution in [2.75, 3.05) is 4.90 Å². The molecule has 2 aromatic rings. The van der Waals surface area contributed by atoms with Crippen LogP contribution >= 0.6 is 23.2 Å². The van der Waals surface area contributed by atoms with Gasteiger partial charge >= 0.3 is 12.1 Å². The van der Waals surface area contributed by atoms with E-state index >= 15 is 0 Å². The maximum Gasteiger partial charge on any atom is 0.392 e. The first kappa shape index (κ1) is 29.0. The maximum atomic E-state index is 14.1. The highest BCUT2D eigenvalue weighted by molar-refractivity contribution is 6.34. The van der Waals surface area contributed by atoms with Gasteiger partial charge in [0.15, 0.2) is 0 Å². The molecule has 35 heavy (non-hydrogen) atoms. The Morgan fingerprint density at radius 1 is 1.00 bits per heavy atom. The predicted molar refractivity (Wildman–Crippen MR) is 133 cm³/mol. The van der Waals surface area contributed by atoms with Crippen LogP contribution in [0.3, 0.4) is 0 Å². The summed E-state index contributed by atoms with van der Waals surface area (Å²) in [4.78, 5) is 26.8. The van der Waals surface area contributed by atoms with Crippen molar-refractivity contribution in [3.8, 4) is 0 Å². The summed E-state index contributed by atoms with van der Waals surface area (Å²) in [5.74, 6) is -5.99. The molecule has 3 atom stereocenters. The Morgan fingerprint density at radius 2 is 1.54 bits per heavy atom. The Hall–Kier alpha value is -2.25. The number of benzene rings is 2. The zero-order valence-corrected chi connectivity index (χ0v) is 22.0. The van der Waals surface area contributed by atoms with E-state index in [4.69, 9.17) is 23.2 Å². The Labute approximate surface area is 214 Å². The molecule has 2 aromatic carbocycles. The van der Waals surface area contributed by atoms with E-state index in [0.717, 1.165) is 6.92 Å². The van der Waals surface area contributed by atoms with Crippen molar-refractivity contribution < 1.29 is 27.9 Å². The fourth-order valence-electron chi connectivity index (χ4n) is 4.04. The number of alkyl halides is 3. The molecule has 0 aromatic heterocycles. The van der Waals surface area contributed by atoms with Gasteiger partial charge in [0, 0.05) is 10.6 Å². The Bertz CT molecular complexity index is 1080. The Balaban J connectivity index is 2.74. The fraction of sp³-hybridized carbons (Fsp3) is 0.462. The summed E-state index contributed by atoms with van der Waals surface area (Å²) >= 11 is 12.5. The van der Waals surface area contributed by atoms with Gasteiger partial charge < -0.3 is 10.0 Å². The number of carbonyl (C=O) groups excluding carboxylic acids is 1. The lowest BCUT2D eigenvalue weighted by molar-refractivity contribution is -0.178. The number of amides is 1. The minimum Gasteiger partial charge on any atom is -0.481 e. The molecule has 0 bridgehead atoms. The van der Waals surface area contributed by atoms with E-state index in [9.17, 15) is 27.9 Å². The minimum atomic E-state index is -4.64. The van der Waals surface area contributed by atoms with Crippen molar-refractivity contribution in [2.45, 2.75) is 65.6 Å². The molecule has 9 heteroatoms. The topological polar surface area (TPSA) is 57.6 Å². The fourth-order valence-corrected chi connectivity index (χ4v) is 4.46. The van der Waals surface area contributed by atoms with E-state index < -0.39 is 41.3 Å². The van der Waals surface area contributed by atoms with Crippen molar-refractivity contribution in [3.63, 3.8) is 0 Å². The van der Waals surface area contributed by atoms with Gasteiger partial charge in [-0.25, -0.2) is 0 Å². The number of halogens is 5. The van der Waals surface area contributed by atoms with Crippen LogP contribution in [-0.2, 0) is 16.0 Å². The molecule has 192 valence electrons. The summed E-state index contributed by atoms with van der Waals surface area (Å²) in [7, 11) is 0. The summed E-state index contributed by atoms with van der Waals surface area (Å²) in [6, 6.07) is 8.98. The number of rotatable bonds is 7. The van der Waals surface area contributed by atoms with Crippen LogP contribution in [0.1, 0.15) is 57.2 Å². The van der Waals surface area contributed by atoms with Crippen molar-refractivity contribution >= 4 is 40.8 Å². The van der Waals surface area contributed by atoms with E-state index in [1.54, 1.807) is 46.8 Å². The zero-order chi connectivity index (χ0) is 26.9. The Kier molecular flexibility index (Phi) is 8.93. The second-order valence-corrected chi connectivity index (χ2v) is 10.7. The molecule has 0 fully saturated rings. The summed E-state index contributed by atoms with van der Waals surface area (Å²) in [5.41, 5.74) is 0.700. The molecule has 2 rings (SSSR count). The molecular formula is C26H30Cl2F3NO3. The highest BCUT2D eigenvalue weighted by atomic mass is 35.5. The third kappa shape index (κ3) is 6.70. The SMILES string of the molecule is Cc1c(C[C@@H](C)C(=O)O)ccc(Cl)c1N(C(=O)[C@H](c1ccc(Cl)cc1)[C@@H](C)C(F)(F)F)C(C)(C)C. The van der Waals surface area contributed by atoms with E-state index in [1.807, 2.05) is 0 Å². The summed E-state index contributed by atoms with van der Waals surface area (Å²) < 4.78 is 41.9. The van der Waals surface area contributed by atoms with Gasteiger partial charge in [0.05, 0.1) is 28.5 Å². The lowest BCUT2D eigenvalue weighted by atomic mass is 9.83. The highest BCUT2D eigenvalue weighted by Crippen LogP contribution is 2.43. The largest absolute Gasteiger partial charge is 0.481 e. The van der Waals surface area contributed by atoms with Crippen LogP contribution in [0, 0.1) is 18.8 Å². The molecule has 0 aliphatic carbocycles. The first-order chi connectivity index (χ1) is 16.0. The lowest BCUT2D eigenvalue weighted by Gasteiger charge is -2.41. The standard InChI is InChI=1S/C26H30Cl2F3NO3/c1-14(24(34)35)13-18-9-12-20(28)22(15(18)2)32(25(4,5)6)23(33)21(16(3)26(29,30)31)17-7-10-19(27)11-8-17/h7-12,14,16,21H,13H2,1-6H3,(H,34,35)/t14-,16-,21+/m1/s1. The molecule has 0 radical (unpaired) electrons. The van der Waals surface area contributed by atoms with Crippen LogP contribution in [-0.4, -0.2) is 28.7 Å². The van der Waals surface area contributed by atoms with Gasteiger partial charge in [0.2, 0.25) is 5.91 Å². The van der Waals surface area contributed by atoms with E-state index in [0.29, 0.717) is 16.1 Å². The van der Waals surface area contributed by atoms with Crippen LogP contribution in [0.4, 0.5) is 18.9 Å². The normalized spacial score (nSPS) is 14.8. The smallest absolute Gasteiger partial charge is 0.392 e. The molecule has 0 aliphatic rings. The second-order valence-electron chi connectivity index (χ2n) is 9.83. The molecule has 0 saturated carbocycles. The van der Waals surface area contributed by atoms with Crippen LogP contribution in [0.15, 0.2) is 36.4 Å². The number of hydrogen-bond donors (Lipinski definition) is 1. The van der Waals surface area contributed by atoms with E-state index in [-0.39, 0.29) is 22.7 Å². The number of anilines is 1. The number of carboxylic acid groups (broad SMARTS) is 1. The van der Waals surface area contributed by atoms with Crippen molar-refractivity contribution in [3.05, 3.63) is 63.1 Å². The maximum absolute atomic E-state index is 14.1. The average molecular weight is 532 g/mol. The van der Waals surface area contributed by atoms with Gasteiger partial charge in [-0.3, -0.25) is 9.59 Å².